The van der Waals surface area contributed by atoms with E-state index in [1.807, 2.05) is 30.5 Å². The minimum absolute atomic E-state index is 0.432. The summed E-state index contributed by atoms with van der Waals surface area (Å²) in [6.45, 7) is 1.64. The van der Waals surface area contributed by atoms with Crippen LogP contribution in [0, 0.1) is 5.82 Å². The number of nitrogens with zero attached hydrogens (tertiary/aromatic N) is 1. The number of aromatic amines is 1. The summed E-state index contributed by atoms with van der Waals surface area (Å²) >= 11 is 0. The van der Waals surface area contributed by atoms with E-state index >= 15 is 0 Å². The first kappa shape index (κ1) is 11.9. The zero-order valence-electron chi connectivity index (χ0n) is 10.4. The number of fused-ring (bicyclic) bond motifs is 1. The average molecular weight is 256 g/mol. The van der Waals surface area contributed by atoms with Crippen LogP contribution in [0.15, 0.2) is 48.9 Å². The van der Waals surface area contributed by atoms with Crippen molar-refractivity contribution in [3.05, 3.63) is 65.9 Å². The Morgan fingerprint density at radius 2 is 2.11 bits per heavy atom. The first-order chi connectivity index (χ1) is 9.09. The van der Waals surface area contributed by atoms with Gasteiger partial charge >= 0.3 is 0 Å². The second-order valence-electron chi connectivity index (χ2n) is 4.71. The van der Waals surface area contributed by atoms with Gasteiger partial charge in [0.05, 0.1) is 6.20 Å². The zero-order chi connectivity index (χ0) is 13.5. The molecule has 2 aromatic heterocycles. The van der Waals surface area contributed by atoms with Crippen LogP contribution in [0.5, 0.6) is 0 Å². The molecular formula is C15H13FN2O. The maximum absolute atomic E-state index is 13.3. The van der Waals surface area contributed by atoms with Crippen LogP contribution in [-0.2, 0) is 5.60 Å². The predicted molar refractivity (Wildman–Crippen MR) is 71.2 cm³/mol. The van der Waals surface area contributed by atoms with Gasteiger partial charge in [0, 0.05) is 28.9 Å². The number of benzene rings is 1. The first-order valence-corrected chi connectivity index (χ1v) is 5.99. The molecule has 0 aliphatic rings. The number of halogens is 1. The highest BCUT2D eigenvalue weighted by atomic mass is 19.1. The van der Waals surface area contributed by atoms with Crippen molar-refractivity contribution in [3.63, 3.8) is 0 Å². The molecule has 0 spiro atoms. The third-order valence-corrected chi connectivity index (χ3v) is 3.39. The summed E-state index contributed by atoms with van der Waals surface area (Å²) in [6, 6.07) is 8.82. The number of nitrogens with one attached hydrogen (secondary N) is 1. The smallest absolute Gasteiger partial charge is 0.141 e. The van der Waals surface area contributed by atoms with Crippen molar-refractivity contribution < 1.29 is 9.50 Å². The topological polar surface area (TPSA) is 48.9 Å². The van der Waals surface area contributed by atoms with Gasteiger partial charge < -0.3 is 10.1 Å². The van der Waals surface area contributed by atoms with E-state index in [4.69, 9.17) is 0 Å². The number of hydrogen-bond donors (Lipinski definition) is 2. The normalized spacial score (nSPS) is 14.5. The van der Waals surface area contributed by atoms with E-state index in [0.29, 0.717) is 5.56 Å². The molecule has 4 heteroatoms. The number of H-pyrrole nitrogens is 1. The molecule has 0 radical (unpaired) electrons. The molecule has 0 bridgehead atoms. The van der Waals surface area contributed by atoms with Gasteiger partial charge in [-0.05, 0) is 30.7 Å². The number of pyridine rings is 1. The van der Waals surface area contributed by atoms with Gasteiger partial charge in [-0.15, -0.1) is 0 Å². The molecule has 0 saturated heterocycles. The van der Waals surface area contributed by atoms with Crippen LogP contribution in [0.4, 0.5) is 4.39 Å². The van der Waals surface area contributed by atoms with E-state index in [9.17, 15) is 9.50 Å². The third kappa shape index (κ3) is 1.90. The summed E-state index contributed by atoms with van der Waals surface area (Å²) in [6.07, 6.45) is 4.42. The van der Waals surface area contributed by atoms with Crippen molar-refractivity contribution in [2.24, 2.45) is 0 Å². The molecule has 3 nitrogen and oxygen atoms in total. The summed E-state index contributed by atoms with van der Waals surface area (Å²) in [5.41, 5.74) is 0.790. The summed E-state index contributed by atoms with van der Waals surface area (Å²) < 4.78 is 13.3. The van der Waals surface area contributed by atoms with Gasteiger partial charge in [-0.1, -0.05) is 12.1 Å². The lowest BCUT2D eigenvalue weighted by Gasteiger charge is -2.25. The molecule has 0 aliphatic heterocycles. The average Bonchev–Trinajstić information content (AvgIpc) is 2.86. The van der Waals surface area contributed by atoms with Gasteiger partial charge in [0.15, 0.2) is 0 Å². The Morgan fingerprint density at radius 3 is 2.89 bits per heavy atom. The van der Waals surface area contributed by atoms with Crippen LogP contribution >= 0.6 is 0 Å². The lowest BCUT2D eigenvalue weighted by Crippen LogP contribution is -2.23. The highest BCUT2D eigenvalue weighted by molar-refractivity contribution is 5.84. The summed E-state index contributed by atoms with van der Waals surface area (Å²) in [5, 5.41) is 11.7. The van der Waals surface area contributed by atoms with Crippen molar-refractivity contribution >= 4 is 10.9 Å². The fourth-order valence-electron chi connectivity index (χ4n) is 2.34. The Kier molecular flexibility index (Phi) is 2.61. The summed E-state index contributed by atoms with van der Waals surface area (Å²) in [4.78, 5) is 6.89. The number of aliphatic hydroxyl groups is 1. The SMILES string of the molecule is CC(O)(c1cncc(F)c1)c1cccc2[nH]ccc12. The molecule has 0 saturated carbocycles. The largest absolute Gasteiger partial charge is 0.381 e. The molecule has 96 valence electrons. The van der Waals surface area contributed by atoms with E-state index in [-0.39, 0.29) is 0 Å². The molecule has 2 heterocycles. The van der Waals surface area contributed by atoms with E-state index in [0.717, 1.165) is 22.7 Å². The van der Waals surface area contributed by atoms with Gasteiger partial charge in [0.1, 0.15) is 11.4 Å². The monoisotopic (exact) mass is 256 g/mol. The summed E-state index contributed by atoms with van der Waals surface area (Å²) in [7, 11) is 0. The quantitative estimate of drug-likeness (QED) is 0.740. The van der Waals surface area contributed by atoms with E-state index < -0.39 is 11.4 Å². The van der Waals surface area contributed by atoms with Gasteiger partial charge in [-0.25, -0.2) is 4.39 Å². The maximum Gasteiger partial charge on any atom is 0.141 e. The second-order valence-corrected chi connectivity index (χ2v) is 4.71. The third-order valence-electron chi connectivity index (χ3n) is 3.39. The molecule has 0 amide bonds. The van der Waals surface area contributed by atoms with Crippen molar-refractivity contribution in [2.45, 2.75) is 12.5 Å². The van der Waals surface area contributed by atoms with Crippen LogP contribution in [0.3, 0.4) is 0 Å². The Bertz CT molecular complexity index is 734. The molecule has 3 rings (SSSR count). The zero-order valence-corrected chi connectivity index (χ0v) is 10.4. The number of hydrogen-bond acceptors (Lipinski definition) is 2. The van der Waals surface area contributed by atoms with Gasteiger partial charge in [-0.2, -0.15) is 0 Å². The van der Waals surface area contributed by atoms with E-state index in [2.05, 4.69) is 9.97 Å². The van der Waals surface area contributed by atoms with Crippen molar-refractivity contribution in [3.8, 4) is 0 Å². The predicted octanol–water partition coefficient (Wildman–Crippen LogP) is 2.96. The van der Waals surface area contributed by atoms with Crippen molar-refractivity contribution in [1.29, 1.82) is 0 Å². The first-order valence-electron chi connectivity index (χ1n) is 5.99. The molecule has 1 aromatic carbocycles. The molecule has 1 unspecified atom stereocenters. The minimum atomic E-state index is -1.29. The van der Waals surface area contributed by atoms with Crippen LogP contribution in [-0.4, -0.2) is 15.1 Å². The molecule has 3 aromatic rings. The fraction of sp³-hybridized carbons (Fsp3) is 0.133. The lowest BCUT2D eigenvalue weighted by atomic mass is 9.87. The standard InChI is InChI=1S/C15H13FN2O/c1-15(19,10-7-11(16)9-17-8-10)13-3-2-4-14-12(13)5-6-18-14/h2-9,18-19H,1H3. The Hall–Kier alpha value is -2.20. The Labute approximate surface area is 109 Å². The molecule has 2 N–H and O–H groups in total. The highest BCUT2D eigenvalue weighted by Crippen LogP contribution is 2.33. The van der Waals surface area contributed by atoms with Gasteiger partial charge in [-0.3, -0.25) is 4.98 Å². The molecule has 0 aliphatic carbocycles. The number of rotatable bonds is 2. The van der Waals surface area contributed by atoms with Crippen LogP contribution in [0.2, 0.25) is 0 Å². The maximum atomic E-state index is 13.3. The van der Waals surface area contributed by atoms with E-state index in [1.165, 1.54) is 12.3 Å². The fourth-order valence-corrected chi connectivity index (χ4v) is 2.34. The second kappa shape index (κ2) is 4.17. The van der Waals surface area contributed by atoms with E-state index in [1.54, 1.807) is 6.92 Å². The molecular weight excluding hydrogens is 243 g/mol. The Morgan fingerprint density at radius 1 is 1.26 bits per heavy atom. The van der Waals surface area contributed by atoms with Crippen LogP contribution in [0.1, 0.15) is 18.1 Å². The molecule has 19 heavy (non-hydrogen) atoms. The highest BCUT2D eigenvalue weighted by Gasteiger charge is 2.28. The summed E-state index contributed by atoms with van der Waals surface area (Å²) in [5.74, 6) is -0.459. The molecule has 0 fully saturated rings. The molecule has 1 atom stereocenters. The van der Waals surface area contributed by atoms with Crippen LogP contribution < -0.4 is 0 Å². The van der Waals surface area contributed by atoms with Crippen molar-refractivity contribution in [1.82, 2.24) is 9.97 Å². The van der Waals surface area contributed by atoms with Gasteiger partial charge in [0.2, 0.25) is 0 Å². The number of aromatic nitrogens is 2. The lowest BCUT2D eigenvalue weighted by molar-refractivity contribution is 0.103. The van der Waals surface area contributed by atoms with Crippen LogP contribution in [0.25, 0.3) is 10.9 Å². The Balaban J connectivity index is 2.21. The van der Waals surface area contributed by atoms with Crippen molar-refractivity contribution in [2.75, 3.05) is 0 Å². The minimum Gasteiger partial charge on any atom is -0.381 e. The van der Waals surface area contributed by atoms with Gasteiger partial charge in [0.25, 0.3) is 0 Å².